The second-order valence-electron chi connectivity index (χ2n) is 4.66. The molecule has 1 saturated carbocycles. The quantitative estimate of drug-likeness (QED) is 0.752. The van der Waals surface area contributed by atoms with Gasteiger partial charge in [-0.05, 0) is 24.7 Å². The summed E-state index contributed by atoms with van der Waals surface area (Å²) in [6.45, 7) is 4.21. The molecule has 2 N–H and O–H groups in total. The van der Waals surface area contributed by atoms with E-state index in [1.54, 1.807) is 0 Å². The van der Waals surface area contributed by atoms with Crippen LogP contribution < -0.4 is 5.73 Å². The standard InChI is InChI=1S/C11H21F2N/c1-3-8(2)10(14)9-4-6-11(12,13)7-5-9/h8-10H,3-7,14H2,1-2H3. The van der Waals surface area contributed by atoms with Crippen LogP contribution in [0.3, 0.4) is 0 Å². The first-order chi connectivity index (χ1) is 6.46. The van der Waals surface area contributed by atoms with E-state index < -0.39 is 5.92 Å². The van der Waals surface area contributed by atoms with Crippen LogP contribution in [0.25, 0.3) is 0 Å². The summed E-state index contributed by atoms with van der Waals surface area (Å²) in [6.07, 6.45) is 2.29. The van der Waals surface area contributed by atoms with Crippen molar-refractivity contribution in [3.8, 4) is 0 Å². The molecule has 0 aliphatic heterocycles. The average Bonchev–Trinajstić information content (AvgIpc) is 2.15. The summed E-state index contributed by atoms with van der Waals surface area (Å²) in [4.78, 5) is 0. The van der Waals surface area contributed by atoms with E-state index in [1.165, 1.54) is 0 Å². The van der Waals surface area contributed by atoms with Gasteiger partial charge < -0.3 is 5.73 Å². The monoisotopic (exact) mass is 205 g/mol. The molecule has 1 nitrogen and oxygen atoms in total. The Kier molecular flexibility index (Phi) is 3.87. The van der Waals surface area contributed by atoms with Crippen molar-refractivity contribution in [3.63, 3.8) is 0 Å². The van der Waals surface area contributed by atoms with Crippen LogP contribution in [0.5, 0.6) is 0 Å². The smallest absolute Gasteiger partial charge is 0.248 e. The second-order valence-corrected chi connectivity index (χ2v) is 4.66. The van der Waals surface area contributed by atoms with Crippen LogP contribution in [0.15, 0.2) is 0 Å². The highest BCUT2D eigenvalue weighted by atomic mass is 19.3. The van der Waals surface area contributed by atoms with E-state index in [0.717, 1.165) is 6.42 Å². The highest BCUT2D eigenvalue weighted by Gasteiger charge is 2.37. The molecule has 0 aromatic rings. The maximum Gasteiger partial charge on any atom is 0.248 e. The predicted molar refractivity (Wildman–Crippen MR) is 54.3 cm³/mol. The van der Waals surface area contributed by atoms with Crippen molar-refractivity contribution < 1.29 is 8.78 Å². The van der Waals surface area contributed by atoms with Gasteiger partial charge in [0.25, 0.3) is 0 Å². The topological polar surface area (TPSA) is 26.0 Å². The lowest BCUT2D eigenvalue weighted by Crippen LogP contribution is -2.40. The van der Waals surface area contributed by atoms with E-state index in [9.17, 15) is 8.78 Å². The lowest BCUT2D eigenvalue weighted by Gasteiger charge is -2.34. The number of nitrogens with two attached hydrogens (primary N) is 1. The lowest BCUT2D eigenvalue weighted by molar-refractivity contribution is -0.0500. The SMILES string of the molecule is CCC(C)C(N)C1CCC(F)(F)CC1. The molecule has 0 bridgehead atoms. The molecule has 2 atom stereocenters. The van der Waals surface area contributed by atoms with Crippen molar-refractivity contribution >= 4 is 0 Å². The van der Waals surface area contributed by atoms with Gasteiger partial charge in [-0.25, -0.2) is 8.78 Å². The molecule has 14 heavy (non-hydrogen) atoms. The molecule has 0 spiro atoms. The predicted octanol–water partition coefficient (Wildman–Crippen LogP) is 3.19. The van der Waals surface area contributed by atoms with Gasteiger partial charge in [-0.2, -0.15) is 0 Å². The van der Waals surface area contributed by atoms with Crippen LogP contribution >= 0.6 is 0 Å². The molecule has 1 aliphatic rings. The molecule has 84 valence electrons. The molecule has 0 saturated heterocycles. The molecule has 1 fully saturated rings. The van der Waals surface area contributed by atoms with Crippen LogP contribution in [0.2, 0.25) is 0 Å². The van der Waals surface area contributed by atoms with E-state index >= 15 is 0 Å². The van der Waals surface area contributed by atoms with Crippen LogP contribution in [-0.4, -0.2) is 12.0 Å². The van der Waals surface area contributed by atoms with E-state index in [4.69, 9.17) is 5.73 Å². The van der Waals surface area contributed by atoms with Crippen molar-refractivity contribution in [2.75, 3.05) is 0 Å². The largest absolute Gasteiger partial charge is 0.327 e. The third-order valence-corrected chi connectivity index (χ3v) is 3.61. The Morgan fingerprint density at radius 3 is 2.29 bits per heavy atom. The molecule has 1 rings (SSSR count). The lowest BCUT2D eigenvalue weighted by atomic mass is 9.78. The van der Waals surface area contributed by atoms with E-state index in [-0.39, 0.29) is 18.9 Å². The summed E-state index contributed by atoms with van der Waals surface area (Å²) in [6, 6.07) is 0.107. The zero-order valence-corrected chi connectivity index (χ0v) is 9.10. The fourth-order valence-electron chi connectivity index (χ4n) is 2.18. The molecule has 0 aromatic heterocycles. The highest BCUT2D eigenvalue weighted by Crippen LogP contribution is 2.38. The zero-order valence-electron chi connectivity index (χ0n) is 9.10. The molecular weight excluding hydrogens is 184 g/mol. The van der Waals surface area contributed by atoms with Gasteiger partial charge in [-0.1, -0.05) is 20.3 Å². The van der Waals surface area contributed by atoms with Crippen molar-refractivity contribution in [1.82, 2.24) is 0 Å². The first-order valence-electron chi connectivity index (χ1n) is 5.59. The first-order valence-corrected chi connectivity index (χ1v) is 5.59. The fraction of sp³-hybridized carbons (Fsp3) is 1.00. The van der Waals surface area contributed by atoms with E-state index in [1.807, 2.05) is 0 Å². The Morgan fingerprint density at radius 1 is 1.36 bits per heavy atom. The van der Waals surface area contributed by atoms with Gasteiger partial charge in [-0.15, -0.1) is 0 Å². The number of hydrogen-bond donors (Lipinski definition) is 1. The maximum atomic E-state index is 12.9. The molecule has 1 aliphatic carbocycles. The van der Waals surface area contributed by atoms with Crippen molar-refractivity contribution in [3.05, 3.63) is 0 Å². The summed E-state index contributed by atoms with van der Waals surface area (Å²) < 4.78 is 25.8. The first kappa shape index (κ1) is 11.9. The third-order valence-electron chi connectivity index (χ3n) is 3.61. The Balaban J connectivity index is 2.41. The summed E-state index contributed by atoms with van der Waals surface area (Å²) in [5.74, 6) is -1.66. The van der Waals surface area contributed by atoms with Gasteiger partial charge in [0.05, 0.1) is 0 Å². The van der Waals surface area contributed by atoms with Crippen LogP contribution in [0.1, 0.15) is 46.0 Å². The Hall–Kier alpha value is -0.180. The Labute approximate surface area is 85.1 Å². The number of hydrogen-bond acceptors (Lipinski definition) is 1. The summed E-state index contributed by atoms with van der Waals surface area (Å²) in [5, 5.41) is 0. The van der Waals surface area contributed by atoms with Crippen LogP contribution in [-0.2, 0) is 0 Å². The number of alkyl halides is 2. The summed E-state index contributed by atoms with van der Waals surface area (Å²) in [5.41, 5.74) is 6.05. The third kappa shape index (κ3) is 2.91. The maximum absolute atomic E-state index is 12.9. The molecule has 3 heteroatoms. The number of rotatable bonds is 3. The van der Waals surface area contributed by atoms with Gasteiger partial charge in [0.2, 0.25) is 5.92 Å². The number of halogens is 2. The average molecular weight is 205 g/mol. The second kappa shape index (κ2) is 4.56. The van der Waals surface area contributed by atoms with Crippen molar-refractivity contribution in [2.45, 2.75) is 57.9 Å². The Bertz CT molecular complexity index is 172. The minimum atomic E-state index is -2.42. The minimum absolute atomic E-state index is 0.0296. The van der Waals surface area contributed by atoms with Gasteiger partial charge in [0.1, 0.15) is 0 Å². The zero-order chi connectivity index (χ0) is 10.8. The van der Waals surface area contributed by atoms with E-state index in [2.05, 4.69) is 13.8 Å². The molecule has 0 aromatic carbocycles. The molecule has 0 amide bonds. The van der Waals surface area contributed by atoms with Crippen molar-refractivity contribution in [1.29, 1.82) is 0 Å². The van der Waals surface area contributed by atoms with Crippen LogP contribution in [0.4, 0.5) is 8.78 Å². The normalized spacial score (nSPS) is 27.2. The molecule has 0 heterocycles. The minimum Gasteiger partial charge on any atom is -0.327 e. The molecule has 2 unspecified atom stereocenters. The van der Waals surface area contributed by atoms with Gasteiger partial charge in [0.15, 0.2) is 0 Å². The highest BCUT2D eigenvalue weighted by molar-refractivity contribution is 4.85. The Morgan fingerprint density at radius 2 is 1.86 bits per heavy atom. The van der Waals surface area contributed by atoms with Crippen molar-refractivity contribution in [2.24, 2.45) is 17.6 Å². The molecular formula is C11H21F2N. The molecule has 0 radical (unpaired) electrons. The van der Waals surface area contributed by atoms with Gasteiger partial charge in [-0.3, -0.25) is 0 Å². The fourth-order valence-corrected chi connectivity index (χ4v) is 2.18. The van der Waals surface area contributed by atoms with E-state index in [0.29, 0.717) is 24.7 Å². The van der Waals surface area contributed by atoms with Gasteiger partial charge >= 0.3 is 0 Å². The summed E-state index contributed by atoms with van der Waals surface area (Å²) >= 11 is 0. The summed E-state index contributed by atoms with van der Waals surface area (Å²) in [7, 11) is 0. The van der Waals surface area contributed by atoms with Gasteiger partial charge in [0, 0.05) is 18.9 Å². The van der Waals surface area contributed by atoms with Crippen LogP contribution in [0, 0.1) is 11.8 Å².